The third kappa shape index (κ3) is 8.44. The molecule has 0 unspecified atom stereocenters. The number of aromatic nitrogens is 2. The highest BCUT2D eigenvalue weighted by Crippen LogP contribution is 2.46. The SMILES string of the molecule is CCOC(=O)[C@@]12C[C@H]1/C=C\CCCCCN(Cc1ccc(OC)cc1)C(=O)N1C[C@H](Oc3cc(-c4nc(C(C)C)cs4)nc4c(C)c(OC)ccc34)C[C@H]1C(=O)N2. The van der Waals surface area contributed by atoms with Crippen LogP contribution in [0.15, 0.2) is 60.0 Å². The highest BCUT2D eigenvalue weighted by molar-refractivity contribution is 7.13. The van der Waals surface area contributed by atoms with E-state index in [4.69, 9.17) is 28.9 Å². The Morgan fingerprint density at radius 2 is 1.84 bits per heavy atom. The zero-order valence-corrected chi connectivity index (χ0v) is 34.5. The van der Waals surface area contributed by atoms with Crippen LogP contribution in [-0.2, 0) is 20.9 Å². The summed E-state index contributed by atoms with van der Waals surface area (Å²) in [5.74, 6) is 1.24. The van der Waals surface area contributed by atoms with Crippen molar-refractivity contribution < 1.29 is 33.3 Å². The van der Waals surface area contributed by atoms with E-state index in [0.717, 1.165) is 64.2 Å². The maximum Gasteiger partial charge on any atom is 0.332 e. The number of hydrogen-bond acceptors (Lipinski definition) is 10. The van der Waals surface area contributed by atoms with Crippen LogP contribution >= 0.6 is 11.3 Å². The Morgan fingerprint density at radius 3 is 2.56 bits per heavy atom. The number of carbonyl (C=O) groups excluding carboxylic acids is 3. The van der Waals surface area contributed by atoms with Crippen LogP contribution in [-0.4, -0.2) is 89.3 Å². The third-order valence-electron chi connectivity index (χ3n) is 11.3. The van der Waals surface area contributed by atoms with Crippen molar-refractivity contribution in [1.82, 2.24) is 25.1 Å². The van der Waals surface area contributed by atoms with Gasteiger partial charge in [0.15, 0.2) is 0 Å². The van der Waals surface area contributed by atoms with Crippen molar-refractivity contribution in [3.63, 3.8) is 0 Å². The molecule has 0 radical (unpaired) electrons. The van der Waals surface area contributed by atoms with E-state index < -0.39 is 29.6 Å². The van der Waals surface area contributed by atoms with Gasteiger partial charge in [-0.05, 0) is 75.3 Å². The summed E-state index contributed by atoms with van der Waals surface area (Å²) in [5.41, 5.74) is 3.02. The molecule has 2 aromatic carbocycles. The Labute approximate surface area is 338 Å². The predicted octanol–water partition coefficient (Wildman–Crippen LogP) is 7.82. The number of methoxy groups -OCH3 is 2. The van der Waals surface area contributed by atoms with Gasteiger partial charge in [-0.25, -0.2) is 19.6 Å². The third-order valence-corrected chi connectivity index (χ3v) is 12.2. The smallest absolute Gasteiger partial charge is 0.332 e. The first kappa shape index (κ1) is 40.0. The van der Waals surface area contributed by atoms with Gasteiger partial charge in [0.1, 0.15) is 45.6 Å². The molecule has 1 N–H and O–H groups in total. The number of fused-ring (bicyclic) bond motifs is 3. The minimum atomic E-state index is -1.17. The van der Waals surface area contributed by atoms with Crippen molar-refractivity contribution in [3.05, 3.63) is 76.8 Å². The fourth-order valence-corrected chi connectivity index (χ4v) is 8.83. The molecule has 13 heteroatoms. The van der Waals surface area contributed by atoms with E-state index in [1.807, 2.05) is 60.4 Å². The second-order valence-electron chi connectivity index (χ2n) is 15.5. The number of urea groups is 1. The molecule has 3 amide bonds. The summed E-state index contributed by atoms with van der Waals surface area (Å²) in [5, 5.41) is 6.70. The lowest BCUT2D eigenvalue weighted by Gasteiger charge is -2.32. The first-order valence-electron chi connectivity index (χ1n) is 20.0. The monoisotopic (exact) mass is 795 g/mol. The first-order chi connectivity index (χ1) is 27.5. The van der Waals surface area contributed by atoms with Crippen LogP contribution in [0.3, 0.4) is 0 Å². The minimum Gasteiger partial charge on any atom is -0.497 e. The van der Waals surface area contributed by atoms with E-state index in [9.17, 15) is 14.4 Å². The highest BCUT2D eigenvalue weighted by Gasteiger charge is 2.62. The van der Waals surface area contributed by atoms with Gasteiger partial charge in [0.05, 0.1) is 38.6 Å². The summed E-state index contributed by atoms with van der Waals surface area (Å²) in [6, 6.07) is 12.3. The molecular weight excluding hydrogens is 743 g/mol. The van der Waals surface area contributed by atoms with Gasteiger partial charge in [0.25, 0.3) is 0 Å². The zero-order valence-electron chi connectivity index (χ0n) is 33.7. The Balaban J connectivity index is 1.25. The standard InChI is InChI=1S/C44H53N5O7S/c1-7-55-42(51)44-23-30(44)13-11-9-8-10-12-20-48(24-29-14-16-31(53-5)17-15-29)43(52)49-25-32(21-36(49)40(50)47-44)56-38-22-34(41-46-35(26-57-41)27(2)3)45-39-28(4)37(54-6)19-18-33(38)39/h11,13-19,22,26-27,30,32,36H,7-10,12,20-21,23-25H2,1-6H3,(H,47,50)/b13-11-/t30-,32-,36+,44-/m1/s1. The number of carbonyl (C=O) groups is 3. The van der Waals surface area contributed by atoms with E-state index >= 15 is 0 Å². The molecule has 4 atom stereocenters. The van der Waals surface area contributed by atoms with Crippen LogP contribution < -0.4 is 19.5 Å². The number of nitrogens with one attached hydrogen (secondary N) is 1. The lowest BCUT2D eigenvalue weighted by Crippen LogP contribution is -2.55. The summed E-state index contributed by atoms with van der Waals surface area (Å²) in [6.45, 7) is 9.19. The molecule has 302 valence electrons. The number of allylic oxidation sites excluding steroid dienone is 1. The van der Waals surface area contributed by atoms with Crippen molar-refractivity contribution in [3.8, 4) is 28.0 Å². The molecule has 4 heterocycles. The Hall–Kier alpha value is -5.17. The molecule has 57 heavy (non-hydrogen) atoms. The topological polar surface area (TPSA) is 132 Å². The molecule has 1 saturated carbocycles. The van der Waals surface area contributed by atoms with Crippen molar-refractivity contribution in [2.75, 3.05) is 33.9 Å². The van der Waals surface area contributed by atoms with Gasteiger partial charge in [-0.2, -0.15) is 0 Å². The lowest BCUT2D eigenvalue weighted by molar-refractivity contribution is -0.149. The molecule has 12 nitrogen and oxygen atoms in total. The maximum absolute atomic E-state index is 14.8. The van der Waals surface area contributed by atoms with Gasteiger partial charge >= 0.3 is 12.0 Å². The number of ether oxygens (including phenoxy) is 4. The van der Waals surface area contributed by atoms with Crippen LogP contribution in [0.5, 0.6) is 17.2 Å². The molecule has 0 bridgehead atoms. The van der Waals surface area contributed by atoms with E-state index in [2.05, 4.69) is 30.6 Å². The Morgan fingerprint density at radius 1 is 1.04 bits per heavy atom. The Kier molecular flexibility index (Phi) is 12.0. The number of rotatable bonds is 10. The Bertz CT molecular complexity index is 2130. The molecule has 4 aromatic rings. The summed E-state index contributed by atoms with van der Waals surface area (Å²) in [7, 11) is 3.26. The van der Waals surface area contributed by atoms with Crippen LogP contribution in [0.2, 0.25) is 0 Å². The average molecular weight is 796 g/mol. The summed E-state index contributed by atoms with van der Waals surface area (Å²) in [4.78, 5) is 56.2. The zero-order chi connectivity index (χ0) is 40.3. The second-order valence-corrected chi connectivity index (χ2v) is 16.4. The van der Waals surface area contributed by atoms with Crippen molar-refractivity contribution >= 4 is 40.1 Å². The predicted molar refractivity (Wildman–Crippen MR) is 220 cm³/mol. The van der Waals surface area contributed by atoms with Gasteiger partial charge in [0, 0.05) is 47.8 Å². The summed E-state index contributed by atoms with van der Waals surface area (Å²) >= 11 is 1.53. The van der Waals surface area contributed by atoms with Gasteiger partial charge < -0.3 is 34.1 Å². The minimum absolute atomic E-state index is 0.162. The molecule has 1 saturated heterocycles. The fourth-order valence-electron chi connectivity index (χ4n) is 7.89. The van der Waals surface area contributed by atoms with Gasteiger partial charge in [-0.3, -0.25) is 4.79 Å². The van der Waals surface area contributed by atoms with Gasteiger partial charge in [-0.15, -0.1) is 11.3 Å². The van der Waals surface area contributed by atoms with E-state index in [1.165, 1.54) is 11.3 Å². The summed E-state index contributed by atoms with van der Waals surface area (Å²) < 4.78 is 23.4. The average Bonchev–Trinajstić information content (AvgIpc) is 3.49. The quantitative estimate of drug-likeness (QED) is 0.126. The van der Waals surface area contributed by atoms with Gasteiger partial charge in [0.2, 0.25) is 5.91 Å². The molecule has 2 aromatic heterocycles. The number of benzene rings is 2. The largest absolute Gasteiger partial charge is 0.497 e. The number of nitrogens with zero attached hydrogens (tertiary/aromatic N) is 4. The first-order valence-corrected chi connectivity index (χ1v) is 20.9. The lowest BCUT2D eigenvalue weighted by atomic mass is 10.1. The van der Waals surface area contributed by atoms with E-state index in [1.54, 1.807) is 26.0 Å². The van der Waals surface area contributed by atoms with Crippen LogP contribution in [0.1, 0.15) is 82.0 Å². The van der Waals surface area contributed by atoms with Gasteiger partial charge in [-0.1, -0.05) is 44.6 Å². The maximum atomic E-state index is 14.8. The molecule has 7 rings (SSSR count). The highest BCUT2D eigenvalue weighted by atomic mass is 32.1. The molecule has 3 aliphatic rings. The number of pyridine rings is 1. The number of amides is 3. The normalized spacial score (nSPS) is 23.2. The van der Waals surface area contributed by atoms with Crippen molar-refractivity contribution in [2.45, 2.75) is 96.4 Å². The van der Waals surface area contributed by atoms with Crippen LogP contribution in [0.4, 0.5) is 4.79 Å². The van der Waals surface area contributed by atoms with Crippen LogP contribution in [0.25, 0.3) is 21.6 Å². The van der Waals surface area contributed by atoms with Crippen LogP contribution in [0, 0.1) is 12.8 Å². The van der Waals surface area contributed by atoms with E-state index in [-0.39, 0.29) is 37.4 Å². The fraction of sp³-hybridized carbons (Fsp3) is 0.477. The molecule has 0 spiro atoms. The number of hydrogen-bond donors (Lipinski definition) is 1. The van der Waals surface area contributed by atoms with Crippen molar-refractivity contribution in [1.29, 1.82) is 0 Å². The molecular formula is C44H53N5O7S. The summed E-state index contributed by atoms with van der Waals surface area (Å²) in [6.07, 6.45) is 7.78. The van der Waals surface area contributed by atoms with E-state index in [0.29, 0.717) is 36.7 Å². The molecule has 1 aliphatic carbocycles. The number of aryl methyl sites for hydroxylation is 1. The molecule has 2 aliphatic heterocycles. The van der Waals surface area contributed by atoms with Crippen molar-refractivity contribution in [2.24, 2.45) is 5.92 Å². The number of thiazole rings is 1. The second kappa shape index (κ2) is 17.1. The molecule has 2 fully saturated rings. The number of esters is 1.